The van der Waals surface area contributed by atoms with Crippen LogP contribution < -0.4 is 5.32 Å². The predicted molar refractivity (Wildman–Crippen MR) is 67.3 cm³/mol. The van der Waals surface area contributed by atoms with Crippen molar-refractivity contribution in [2.75, 3.05) is 16.8 Å². The fourth-order valence-electron chi connectivity index (χ4n) is 1.84. The number of nitrogens with zero attached hydrogens (tertiary/aromatic N) is 1. The van der Waals surface area contributed by atoms with Crippen molar-refractivity contribution in [1.29, 1.82) is 0 Å². The number of hydrogen-bond donors (Lipinski definition) is 1. The second kappa shape index (κ2) is 4.62. The average molecular weight is 240 g/mol. The molecule has 1 N–H and O–H groups in total. The van der Waals surface area contributed by atoms with Crippen LogP contribution in [0.3, 0.4) is 0 Å². The van der Waals surface area contributed by atoms with Crippen molar-refractivity contribution in [3.8, 4) is 0 Å². The molecule has 16 heavy (non-hydrogen) atoms. The molecule has 0 radical (unpaired) electrons. The summed E-state index contributed by atoms with van der Waals surface area (Å²) in [5.74, 6) is 1.90. The van der Waals surface area contributed by atoms with Crippen LogP contribution in [0.1, 0.15) is 20.3 Å². The number of rotatable bonds is 2. The molecule has 0 spiro atoms. The summed E-state index contributed by atoms with van der Waals surface area (Å²) in [6.45, 7) is 4.56. The van der Waals surface area contributed by atoms with Crippen molar-refractivity contribution in [2.45, 2.75) is 26.3 Å². The van der Waals surface area contributed by atoms with Crippen LogP contribution >= 0.6 is 11.8 Å². The maximum Gasteiger partial charge on any atom is 0.212 e. The van der Waals surface area contributed by atoms with Crippen LogP contribution in [0.5, 0.6) is 0 Å². The maximum atomic E-state index is 12.7. The number of aromatic nitrogens is 1. The topological polar surface area (TPSA) is 24.9 Å². The van der Waals surface area contributed by atoms with Crippen LogP contribution in [0, 0.1) is 11.4 Å². The van der Waals surface area contributed by atoms with Gasteiger partial charge in [-0.1, -0.05) is 13.8 Å². The molecule has 0 aliphatic carbocycles. The quantitative estimate of drug-likeness (QED) is 0.804. The van der Waals surface area contributed by atoms with Gasteiger partial charge in [-0.3, -0.25) is 0 Å². The molecule has 0 aromatic carbocycles. The third-order valence-corrected chi connectivity index (χ3v) is 4.25. The Morgan fingerprint density at radius 2 is 2.31 bits per heavy atom. The molecule has 1 aromatic rings. The third kappa shape index (κ3) is 2.67. The zero-order chi connectivity index (χ0) is 11.6. The van der Waals surface area contributed by atoms with Gasteiger partial charge in [0.05, 0.1) is 11.9 Å². The van der Waals surface area contributed by atoms with Crippen LogP contribution in [0.4, 0.5) is 10.1 Å². The van der Waals surface area contributed by atoms with Crippen LogP contribution in [0.2, 0.25) is 0 Å². The molecular weight excluding hydrogens is 223 g/mol. The van der Waals surface area contributed by atoms with Crippen LogP contribution in [0.25, 0.3) is 0 Å². The minimum Gasteiger partial charge on any atom is -0.380 e. The second-order valence-corrected chi connectivity index (χ2v) is 6.03. The number of pyridine rings is 1. The minimum atomic E-state index is -0.428. The molecule has 0 bridgehead atoms. The Labute approximate surface area is 100 Å². The summed E-state index contributed by atoms with van der Waals surface area (Å²) in [7, 11) is 0. The molecule has 1 fully saturated rings. The van der Waals surface area contributed by atoms with Gasteiger partial charge in [0.25, 0.3) is 0 Å². The fraction of sp³-hybridized carbons (Fsp3) is 0.583. The van der Waals surface area contributed by atoms with Gasteiger partial charge in [0.15, 0.2) is 0 Å². The summed E-state index contributed by atoms with van der Waals surface area (Å²) >= 11 is 1.97. The van der Waals surface area contributed by atoms with E-state index in [-0.39, 0.29) is 0 Å². The molecule has 0 amide bonds. The molecule has 1 aromatic heterocycles. The Balaban J connectivity index is 2.05. The first-order valence-corrected chi connectivity index (χ1v) is 6.69. The molecule has 2 rings (SSSR count). The normalized spacial score (nSPS) is 24.1. The van der Waals surface area contributed by atoms with Gasteiger partial charge in [-0.2, -0.15) is 16.2 Å². The highest BCUT2D eigenvalue weighted by molar-refractivity contribution is 7.99. The van der Waals surface area contributed by atoms with Gasteiger partial charge < -0.3 is 5.32 Å². The van der Waals surface area contributed by atoms with Crippen molar-refractivity contribution in [1.82, 2.24) is 4.98 Å². The van der Waals surface area contributed by atoms with E-state index in [9.17, 15) is 4.39 Å². The molecule has 4 heteroatoms. The van der Waals surface area contributed by atoms with E-state index in [0.29, 0.717) is 11.5 Å². The van der Waals surface area contributed by atoms with Crippen molar-refractivity contribution in [3.05, 3.63) is 24.3 Å². The van der Waals surface area contributed by atoms with Gasteiger partial charge in [0.2, 0.25) is 5.95 Å². The van der Waals surface area contributed by atoms with E-state index in [1.54, 1.807) is 12.3 Å². The molecule has 1 unspecified atom stereocenters. The van der Waals surface area contributed by atoms with Gasteiger partial charge in [-0.15, -0.1) is 0 Å². The minimum absolute atomic E-state index is 0.291. The van der Waals surface area contributed by atoms with Crippen molar-refractivity contribution in [2.24, 2.45) is 5.41 Å². The van der Waals surface area contributed by atoms with Crippen LogP contribution in [-0.4, -0.2) is 22.5 Å². The highest BCUT2D eigenvalue weighted by Crippen LogP contribution is 2.35. The molecule has 2 heterocycles. The highest BCUT2D eigenvalue weighted by atomic mass is 32.2. The third-order valence-electron chi connectivity index (χ3n) is 3.19. The van der Waals surface area contributed by atoms with E-state index in [0.717, 1.165) is 11.4 Å². The maximum absolute atomic E-state index is 12.7. The first kappa shape index (κ1) is 11.7. The SMILES string of the molecule is CC1(C)CCSCC1Nc1ccc(F)nc1. The molecular formula is C12H17FN2S. The molecule has 1 atom stereocenters. The van der Waals surface area contributed by atoms with E-state index in [4.69, 9.17) is 0 Å². The standard InChI is InChI=1S/C12H17FN2S/c1-12(2)5-6-16-8-10(12)15-9-3-4-11(13)14-7-9/h3-4,7,10,15H,5-6,8H2,1-2H3. The molecule has 1 aliphatic rings. The van der Waals surface area contributed by atoms with E-state index >= 15 is 0 Å². The largest absolute Gasteiger partial charge is 0.380 e. The van der Waals surface area contributed by atoms with Gasteiger partial charge >= 0.3 is 0 Å². The molecule has 1 saturated heterocycles. The van der Waals surface area contributed by atoms with Crippen molar-refractivity contribution in [3.63, 3.8) is 0 Å². The first-order chi connectivity index (χ1) is 7.58. The Bertz CT molecular complexity index is 351. The molecule has 2 nitrogen and oxygen atoms in total. The average Bonchev–Trinajstić information content (AvgIpc) is 2.24. The van der Waals surface area contributed by atoms with Gasteiger partial charge in [-0.25, -0.2) is 4.98 Å². The number of nitrogens with one attached hydrogen (secondary N) is 1. The van der Waals surface area contributed by atoms with E-state index in [2.05, 4.69) is 24.1 Å². The van der Waals surface area contributed by atoms with E-state index in [1.165, 1.54) is 18.2 Å². The zero-order valence-electron chi connectivity index (χ0n) is 9.66. The Morgan fingerprint density at radius 1 is 1.50 bits per heavy atom. The van der Waals surface area contributed by atoms with Gasteiger partial charge in [-0.05, 0) is 29.7 Å². The number of halogens is 1. The summed E-state index contributed by atoms with van der Waals surface area (Å²) < 4.78 is 12.7. The Kier molecular flexibility index (Phi) is 3.38. The summed E-state index contributed by atoms with van der Waals surface area (Å²) in [5.41, 5.74) is 1.20. The zero-order valence-corrected chi connectivity index (χ0v) is 10.5. The highest BCUT2D eigenvalue weighted by Gasteiger charge is 2.32. The molecule has 1 aliphatic heterocycles. The van der Waals surface area contributed by atoms with E-state index < -0.39 is 5.95 Å². The summed E-state index contributed by atoms with van der Waals surface area (Å²) in [6, 6.07) is 3.57. The Morgan fingerprint density at radius 3 is 2.94 bits per heavy atom. The van der Waals surface area contributed by atoms with Gasteiger partial charge in [0.1, 0.15) is 0 Å². The lowest BCUT2D eigenvalue weighted by Gasteiger charge is -2.39. The lowest BCUT2D eigenvalue weighted by atomic mass is 9.82. The number of thioether (sulfide) groups is 1. The predicted octanol–water partition coefficient (Wildman–Crippen LogP) is 3.16. The number of anilines is 1. The second-order valence-electron chi connectivity index (χ2n) is 4.88. The summed E-state index contributed by atoms with van der Waals surface area (Å²) in [5, 5.41) is 3.45. The summed E-state index contributed by atoms with van der Waals surface area (Å²) in [4.78, 5) is 3.66. The lowest BCUT2D eigenvalue weighted by Crippen LogP contribution is -2.41. The smallest absolute Gasteiger partial charge is 0.212 e. The Hall–Kier alpha value is -0.770. The van der Waals surface area contributed by atoms with Crippen LogP contribution in [-0.2, 0) is 0 Å². The first-order valence-electron chi connectivity index (χ1n) is 5.54. The molecule has 88 valence electrons. The molecule has 0 saturated carbocycles. The summed E-state index contributed by atoms with van der Waals surface area (Å²) in [6.07, 6.45) is 2.77. The lowest BCUT2D eigenvalue weighted by molar-refractivity contribution is 0.305. The van der Waals surface area contributed by atoms with Crippen LogP contribution in [0.15, 0.2) is 18.3 Å². The monoisotopic (exact) mass is 240 g/mol. The van der Waals surface area contributed by atoms with Gasteiger partial charge in [0, 0.05) is 11.8 Å². The van der Waals surface area contributed by atoms with Crippen molar-refractivity contribution < 1.29 is 4.39 Å². The number of hydrogen-bond acceptors (Lipinski definition) is 3. The van der Waals surface area contributed by atoms with Crippen molar-refractivity contribution >= 4 is 17.4 Å². The fourth-order valence-corrected chi connectivity index (χ4v) is 3.44. The van der Waals surface area contributed by atoms with E-state index in [1.807, 2.05) is 11.8 Å².